The number of methoxy groups -OCH3 is 1. The first-order valence-corrected chi connectivity index (χ1v) is 13.4. The van der Waals surface area contributed by atoms with Gasteiger partial charge < -0.3 is 19.8 Å². The van der Waals surface area contributed by atoms with E-state index in [2.05, 4.69) is 33.9 Å². The zero-order chi connectivity index (χ0) is 26.1. The highest BCUT2D eigenvalue weighted by molar-refractivity contribution is 7.92. The van der Waals surface area contributed by atoms with Crippen LogP contribution in [0.15, 0.2) is 41.3 Å². The number of nitrogens with zero attached hydrogens (tertiary/aromatic N) is 1. The molecular formula is C26H33FN4O4S. The number of rotatable bonds is 8. The second-order valence-corrected chi connectivity index (χ2v) is 11.3. The summed E-state index contributed by atoms with van der Waals surface area (Å²) in [7, 11) is -2.76. The molecule has 1 saturated heterocycles. The number of aromatic amines is 1. The molecule has 10 heteroatoms. The second kappa shape index (κ2) is 10.1. The SMILES string of the molecule is COc1ccc(-c2[nH]c(NC(C)(C)C3CCOCC3)nc2C)cc1S(=O)(=O)Nc1c(C)cccc1F. The first-order chi connectivity index (χ1) is 17.0. The molecule has 0 radical (unpaired) electrons. The molecule has 0 spiro atoms. The van der Waals surface area contributed by atoms with Gasteiger partial charge in [0.15, 0.2) is 0 Å². The van der Waals surface area contributed by atoms with Crippen molar-refractivity contribution in [2.24, 2.45) is 5.92 Å². The lowest BCUT2D eigenvalue weighted by molar-refractivity contribution is 0.0490. The number of aromatic nitrogens is 2. The minimum absolute atomic E-state index is 0.0930. The van der Waals surface area contributed by atoms with Crippen LogP contribution in [0.5, 0.6) is 5.75 Å². The molecule has 2 heterocycles. The average Bonchev–Trinajstić information content (AvgIpc) is 3.20. The van der Waals surface area contributed by atoms with Crippen LogP contribution >= 0.6 is 0 Å². The summed E-state index contributed by atoms with van der Waals surface area (Å²) in [4.78, 5) is 7.86. The van der Waals surface area contributed by atoms with E-state index in [0.717, 1.165) is 26.1 Å². The van der Waals surface area contributed by atoms with E-state index in [0.29, 0.717) is 34.4 Å². The minimum atomic E-state index is -4.16. The molecule has 8 nitrogen and oxygen atoms in total. The number of hydrogen-bond acceptors (Lipinski definition) is 6. The highest BCUT2D eigenvalue weighted by Crippen LogP contribution is 2.35. The predicted molar refractivity (Wildman–Crippen MR) is 139 cm³/mol. The Labute approximate surface area is 211 Å². The maximum absolute atomic E-state index is 14.4. The third-order valence-electron chi connectivity index (χ3n) is 6.77. The quantitative estimate of drug-likeness (QED) is 0.377. The average molecular weight is 517 g/mol. The van der Waals surface area contributed by atoms with E-state index < -0.39 is 15.8 Å². The normalized spacial score (nSPS) is 15.1. The lowest BCUT2D eigenvalue weighted by Gasteiger charge is -2.37. The Morgan fingerprint density at radius 2 is 1.89 bits per heavy atom. The molecule has 0 aliphatic carbocycles. The molecule has 1 aliphatic heterocycles. The third kappa shape index (κ3) is 5.34. The van der Waals surface area contributed by atoms with Crippen LogP contribution in [-0.2, 0) is 14.8 Å². The van der Waals surface area contributed by atoms with E-state index in [-0.39, 0.29) is 21.9 Å². The number of imidazole rings is 1. The monoisotopic (exact) mass is 516 g/mol. The van der Waals surface area contributed by atoms with E-state index >= 15 is 0 Å². The summed E-state index contributed by atoms with van der Waals surface area (Å²) in [5, 5.41) is 3.51. The van der Waals surface area contributed by atoms with Crippen LogP contribution in [0.3, 0.4) is 0 Å². The summed E-state index contributed by atoms with van der Waals surface area (Å²) < 4.78 is 54.2. The second-order valence-electron chi connectivity index (χ2n) is 9.68. The Morgan fingerprint density at radius 1 is 1.17 bits per heavy atom. The van der Waals surface area contributed by atoms with E-state index in [1.807, 2.05) is 6.92 Å². The summed E-state index contributed by atoms with van der Waals surface area (Å²) in [5.41, 5.74) is 2.18. The summed E-state index contributed by atoms with van der Waals surface area (Å²) >= 11 is 0. The van der Waals surface area contributed by atoms with Crippen molar-refractivity contribution in [3.63, 3.8) is 0 Å². The molecule has 0 bridgehead atoms. The van der Waals surface area contributed by atoms with Crippen molar-refractivity contribution in [1.29, 1.82) is 0 Å². The smallest absolute Gasteiger partial charge is 0.265 e. The van der Waals surface area contributed by atoms with Gasteiger partial charge in [-0.25, -0.2) is 17.8 Å². The van der Waals surface area contributed by atoms with E-state index in [1.54, 1.807) is 25.1 Å². The number of aryl methyl sites for hydroxylation is 2. The number of hydrogen-bond donors (Lipinski definition) is 3. The number of para-hydroxylation sites is 1. The molecule has 3 N–H and O–H groups in total. The van der Waals surface area contributed by atoms with Gasteiger partial charge in [0, 0.05) is 24.3 Å². The van der Waals surface area contributed by atoms with Gasteiger partial charge in [0.25, 0.3) is 10.0 Å². The minimum Gasteiger partial charge on any atom is -0.495 e. The fourth-order valence-electron chi connectivity index (χ4n) is 4.62. The number of sulfonamides is 1. The third-order valence-corrected chi connectivity index (χ3v) is 8.14. The Morgan fingerprint density at radius 3 is 2.56 bits per heavy atom. The topological polar surface area (TPSA) is 105 Å². The van der Waals surface area contributed by atoms with E-state index in [9.17, 15) is 12.8 Å². The molecule has 0 amide bonds. The number of nitrogens with one attached hydrogen (secondary N) is 3. The molecule has 1 fully saturated rings. The standard InChI is InChI=1S/C26H33FN4O4S/c1-16-7-6-8-20(27)23(16)31-36(32,33)22-15-18(9-10-21(22)34-5)24-17(2)28-25(29-24)30-26(3,4)19-11-13-35-14-12-19/h6-10,15,19,31H,11-14H2,1-5H3,(H2,28,29,30). The van der Waals surface area contributed by atoms with Gasteiger partial charge in [-0.2, -0.15) is 0 Å². The number of anilines is 2. The maximum Gasteiger partial charge on any atom is 0.265 e. The molecule has 1 aromatic heterocycles. The van der Waals surface area contributed by atoms with Crippen molar-refractivity contribution in [3.8, 4) is 17.0 Å². The van der Waals surface area contributed by atoms with E-state index in [4.69, 9.17) is 9.47 Å². The van der Waals surface area contributed by atoms with Gasteiger partial charge in [-0.3, -0.25) is 4.72 Å². The first kappa shape index (κ1) is 26.0. The van der Waals surface area contributed by atoms with E-state index in [1.165, 1.54) is 25.3 Å². The van der Waals surface area contributed by atoms with Crippen LogP contribution in [0.2, 0.25) is 0 Å². The lowest BCUT2D eigenvalue weighted by atomic mass is 9.82. The lowest BCUT2D eigenvalue weighted by Crippen LogP contribution is -2.42. The number of ether oxygens (including phenoxy) is 2. The molecule has 0 unspecified atom stereocenters. The van der Waals surface area contributed by atoms with Crippen molar-refractivity contribution in [2.45, 2.75) is 51.0 Å². The van der Waals surface area contributed by atoms with Crippen LogP contribution in [0.25, 0.3) is 11.3 Å². The summed E-state index contributed by atoms with van der Waals surface area (Å²) in [6, 6.07) is 9.23. The van der Waals surface area contributed by atoms with Crippen LogP contribution < -0.4 is 14.8 Å². The zero-order valence-electron chi connectivity index (χ0n) is 21.2. The molecule has 2 aromatic carbocycles. The predicted octanol–water partition coefficient (Wildman–Crippen LogP) is 5.26. The molecule has 3 aromatic rings. The van der Waals surface area contributed by atoms with Gasteiger partial charge in [-0.05, 0) is 76.3 Å². The fourth-order valence-corrected chi connectivity index (χ4v) is 5.96. The largest absolute Gasteiger partial charge is 0.495 e. The van der Waals surface area contributed by atoms with Crippen LogP contribution in [0.1, 0.15) is 37.9 Å². The molecular weight excluding hydrogens is 483 g/mol. The molecule has 4 rings (SSSR count). The van der Waals surface area contributed by atoms with Crippen LogP contribution in [0.4, 0.5) is 16.0 Å². The molecule has 0 atom stereocenters. The van der Waals surface area contributed by atoms with Crippen molar-refractivity contribution >= 4 is 21.7 Å². The molecule has 36 heavy (non-hydrogen) atoms. The van der Waals surface area contributed by atoms with Gasteiger partial charge in [0.1, 0.15) is 16.5 Å². The van der Waals surface area contributed by atoms with Gasteiger partial charge >= 0.3 is 0 Å². The van der Waals surface area contributed by atoms with Crippen LogP contribution in [0, 0.1) is 25.6 Å². The van der Waals surface area contributed by atoms with Gasteiger partial charge in [0.2, 0.25) is 5.95 Å². The zero-order valence-corrected chi connectivity index (χ0v) is 22.1. The van der Waals surface area contributed by atoms with Crippen LogP contribution in [-0.4, -0.2) is 44.2 Å². The fraction of sp³-hybridized carbons (Fsp3) is 0.423. The van der Waals surface area contributed by atoms with Crippen molar-refractivity contribution in [2.75, 3.05) is 30.4 Å². The van der Waals surface area contributed by atoms with Crippen molar-refractivity contribution in [1.82, 2.24) is 9.97 Å². The van der Waals surface area contributed by atoms with Gasteiger partial charge in [-0.1, -0.05) is 12.1 Å². The number of halogens is 1. The Hall–Kier alpha value is -3.11. The maximum atomic E-state index is 14.4. The summed E-state index contributed by atoms with van der Waals surface area (Å²) in [6.07, 6.45) is 1.95. The first-order valence-electron chi connectivity index (χ1n) is 11.9. The number of benzene rings is 2. The Balaban J connectivity index is 1.66. The summed E-state index contributed by atoms with van der Waals surface area (Å²) in [5.74, 6) is 0.544. The molecule has 1 aliphatic rings. The van der Waals surface area contributed by atoms with Gasteiger partial charge in [-0.15, -0.1) is 0 Å². The molecule has 194 valence electrons. The highest BCUT2D eigenvalue weighted by atomic mass is 32.2. The Kier molecular flexibility index (Phi) is 7.28. The van der Waals surface area contributed by atoms with Crippen molar-refractivity contribution < 1.29 is 22.3 Å². The van der Waals surface area contributed by atoms with Gasteiger partial charge in [0.05, 0.1) is 24.2 Å². The molecule has 0 saturated carbocycles. The van der Waals surface area contributed by atoms with Crippen molar-refractivity contribution in [3.05, 3.63) is 53.5 Å². The number of H-pyrrole nitrogens is 1. The summed E-state index contributed by atoms with van der Waals surface area (Å²) in [6.45, 7) is 9.30. The Bertz CT molecular complexity index is 1330. The highest BCUT2D eigenvalue weighted by Gasteiger charge is 2.32.